The Hall–Kier alpha value is -3.18. The van der Waals surface area contributed by atoms with Crippen LogP contribution in [0.4, 0.5) is 0 Å². The molecule has 1 atom stereocenters. The van der Waals surface area contributed by atoms with E-state index in [2.05, 4.69) is 0 Å². The third-order valence-corrected chi connectivity index (χ3v) is 4.81. The summed E-state index contributed by atoms with van der Waals surface area (Å²) in [4.78, 5) is 23.2. The Bertz CT molecular complexity index is 975. The first-order valence-corrected chi connectivity index (χ1v) is 9.06. The quantitative estimate of drug-likeness (QED) is 0.776. The first kappa shape index (κ1) is 19.1. The maximum atomic E-state index is 12.3. The summed E-state index contributed by atoms with van der Waals surface area (Å²) in [6, 6.07) is 13.3. The van der Waals surface area contributed by atoms with Gasteiger partial charge in [0, 0.05) is 5.56 Å². The highest BCUT2D eigenvalue weighted by atomic mass is 32.2. The lowest BCUT2D eigenvalue weighted by Gasteiger charge is -2.15. The van der Waals surface area contributed by atoms with Crippen LogP contribution in [-0.4, -0.2) is 26.2 Å². The Morgan fingerprint density at radius 3 is 2.38 bits per heavy atom. The van der Waals surface area contributed by atoms with E-state index < -0.39 is 22.0 Å². The zero-order valence-corrected chi connectivity index (χ0v) is 14.9. The molecule has 1 N–H and O–H groups in total. The monoisotopic (exact) mass is 372 g/mol. The average Bonchev–Trinajstić information content (AvgIpc) is 2.61. The van der Waals surface area contributed by atoms with Crippen LogP contribution in [0, 0.1) is 11.3 Å². The molecule has 7 nitrogen and oxygen atoms in total. The predicted octanol–water partition coefficient (Wildman–Crippen LogP) is 2.03. The predicted molar refractivity (Wildman–Crippen MR) is 93.0 cm³/mol. The number of rotatable bonds is 6. The molecule has 0 aliphatic heterocycles. The van der Waals surface area contributed by atoms with E-state index in [1.54, 1.807) is 18.2 Å². The van der Waals surface area contributed by atoms with Gasteiger partial charge in [0.15, 0.2) is 11.9 Å². The number of hydrogen-bond acceptors (Lipinski definition) is 6. The van der Waals surface area contributed by atoms with Gasteiger partial charge in [-0.25, -0.2) is 13.1 Å². The Morgan fingerprint density at radius 2 is 1.81 bits per heavy atom. The maximum absolute atomic E-state index is 12.3. The molecule has 0 heterocycles. The lowest BCUT2D eigenvalue weighted by Crippen LogP contribution is -2.40. The standard InChI is InChI=1S/C18H16N2O5S/c1-12(21)15-6-8-17(9-7-15)26(23,24)20-18(22)13(2)25-16-5-3-4-14(10-16)11-19/h3-10,13H,1-2H3,(H,20,22). The summed E-state index contributed by atoms with van der Waals surface area (Å²) in [5.74, 6) is -0.780. The SMILES string of the molecule is CC(=O)c1ccc(S(=O)(=O)NC(=O)C(C)Oc2cccc(C#N)c2)cc1. The number of nitrogens with one attached hydrogen (secondary N) is 1. The van der Waals surface area contributed by atoms with Crippen molar-refractivity contribution in [3.63, 3.8) is 0 Å². The molecule has 134 valence electrons. The Kier molecular flexibility index (Phi) is 5.75. The molecule has 0 aliphatic rings. The molecule has 0 radical (unpaired) electrons. The Balaban J connectivity index is 2.09. The highest BCUT2D eigenvalue weighted by Crippen LogP contribution is 2.15. The van der Waals surface area contributed by atoms with Crippen LogP contribution in [0.1, 0.15) is 29.8 Å². The van der Waals surface area contributed by atoms with Gasteiger partial charge in [-0.05, 0) is 44.2 Å². The van der Waals surface area contributed by atoms with Crippen LogP contribution in [0.15, 0.2) is 53.4 Å². The minimum absolute atomic E-state index is 0.144. The van der Waals surface area contributed by atoms with Crippen molar-refractivity contribution < 1.29 is 22.7 Å². The third kappa shape index (κ3) is 4.68. The van der Waals surface area contributed by atoms with Crippen LogP contribution in [0.5, 0.6) is 5.75 Å². The van der Waals surface area contributed by atoms with E-state index in [1.807, 2.05) is 10.8 Å². The Morgan fingerprint density at radius 1 is 1.15 bits per heavy atom. The maximum Gasteiger partial charge on any atom is 0.274 e. The summed E-state index contributed by atoms with van der Waals surface area (Å²) in [6.45, 7) is 2.76. The number of ketones is 1. The molecule has 0 saturated carbocycles. The molecule has 2 aromatic carbocycles. The molecule has 0 aliphatic carbocycles. The number of amides is 1. The zero-order chi connectivity index (χ0) is 19.3. The van der Waals surface area contributed by atoms with Crippen molar-refractivity contribution in [1.82, 2.24) is 4.72 Å². The second kappa shape index (κ2) is 7.80. The van der Waals surface area contributed by atoms with E-state index in [1.165, 1.54) is 44.2 Å². The van der Waals surface area contributed by atoms with Gasteiger partial charge in [-0.15, -0.1) is 0 Å². The molecule has 26 heavy (non-hydrogen) atoms. The van der Waals surface area contributed by atoms with Crippen molar-refractivity contribution in [2.24, 2.45) is 0 Å². The number of Topliss-reactive ketones (excluding diaryl/α,β-unsaturated/α-hetero) is 1. The van der Waals surface area contributed by atoms with Gasteiger partial charge in [-0.1, -0.05) is 18.2 Å². The smallest absolute Gasteiger partial charge is 0.274 e. The summed E-state index contributed by atoms with van der Waals surface area (Å²) in [5.41, 5.74) is 0.720. The topological polar surface area (TPSA) is 113 Å². The number of hydrogen-bond donors (Lipinski definition) is 1. The van der Waals surface area contributed by atoms with Crippen molar-refractivity contribution in [1.29, 1.82) is 5.26 Å². The van der Waals surface area contributed by atoms with E-state index in [-0.39, 0.29) is 16.4 Å². The van der Waals surface area contributed by atoms with E-state index in [0.717, 1.165) is 0 Å². The summed E-state index contributed by atoms with van der Waals surface area (Å²) in [5, 5.41) is 8.85. The van der Waals surface area contributed by atoms with Crippen molar-refractivity contribution in [2.75, 3.05) is 0 Å². The summed E-state index contributed by atoms with van der Waals surface area (Å²) < 4.78 is 31.8. The van der Waals surface area contributed by atoms with Crippen LogP contribution >= 0.6 is 0 Å². The summed E-state index contributed by atoms with van der Waals surface area (Å²) in [7, 11) is -4.10. The Labute approximate surface area is 151 Å². The number of carbonyl (C=O) groups is 2. The second-order valence-electron chi connectivity index (χ2n) is 5.45. The molecule has 0 bridgehead atoms. The highest BCUT2D eigenvalue weighted by molar-refractivity contribution is 7.90. The molecule has 0 saturated heterocycles. The van der Waals surface area contributed by atoms with Crippen molar-refractivity contribution in [3.8, 4) is 11.8 Å². The number of benzene rings is 2. The summed E-state index contributed by atoms with van der Waals surface area (Å²) >= 11 is 0. The second-order valence-corrected chi connectivity index (χ2v) is 7.13. The first-order chi connectivity index (χ1) is 12.2. The number of nitrogens with zero attached hydrogens (tertiary/aromatic N) is 1. The molecular formula is C18H16N2O5S. The fourth-order valence-corrected chi connectivity index (χ4v) is 3.08. The van der Waals surface area contributed by atoms with Gasteiger partial charge in [-0.2, -0.15) is 5.26 Å². The van der Waals surface area contributed by atoms with Crippen LogP contribution in [0.3, 0.4) is 0 Å². The number of sulfonamides is 1. The molecule has 1 amide bonds. The average molecular weight is 372 g/mol. The van der Waals surface area contributed by atoms with Gasteiger partial charge in [0.25, 0.3) is 15.9 Å². The van der Waals surface area contributed by atoms with Gasteiger partial charge in [0.2, 0.25) is 0 Å². The van der Waals surface area contributed by atoms with Crippen molar-refractivity contribution in [2.45, 2.75) is 24.8 Å². The van der Waals surface area contributed by atoms with Crippen LogP contribution in [0.2, 0.25) is 0 Å². The molecule has 2 rings (SSSR count). The lowest BCUT2D eigenvalue weighted by atomic mass is 10.2. The van der Waals surface area contributed by atoms with E-state index in [0.29, 0.717) is 11.1 Å². The molecule has 0 fully saturated rings. The molecule has 2 aromatic rings. The molecule has 0 spiro atoms. The van der Waals surface area contributed by atoms with Crippen LogP contribution in [-0.2, 0) is 14.8 Å². The number of carbonyl (C=O) groups excluding carboxylic acids is 2. The molecule has 8 heteroatoms. The molecular weight excluding hydrogens is 356 g/mol. The highest BCUT2D eigenvalue weighted by Gasteiger charge is 2.23. The van der Waals surface area contributed by atoms with Gasteiger partial charge < -0.3 is 4.74 Å². The molecule has 0 aromatic heterocycles. The first-order valence-electron chi connectivity index (χ1n) is 7.57. The molecule has 1 unspecified atom stereocenters. The van der Waals surface area contributed by atoms with Crippen molar-refractivity contribution in [3.05, 3.63) is 59.7 Å². The summed E-state index contributed by atoms with van der Waals surface area (Å²) in [6.07, 6.45) is -1.10. The number of nitriles is 1. The minimum atomic E-state index is -4.10. The third-order valence-electron chi connectivity index (χ3n) is 3.45. The van der Waals surface area contributed by atoms with Crippen molar-refractivity contribution >= 4 is 21.7 Å². The van der Waals surface area contributed by atoms with Gasteiger partial charge in [-0.3, -0.25) is 9.59 Å². The van der Waals surface area contributed by atoms with E-state index in [4.69, 9.17) is 10.00 Å². The minimum Gasteiger partial charge on any atom is -0.481 e. The largest absolute Gasteiger partial charge is 0.481 e. The van der Waals surface area contributed by atoms with E-state index in [9.17, 15) is 18.0 Å². The van der Waals surface area contributed by atoms with Gasteiger partial charge >= 0.3 is 0 Å². The van der Waals surface area contributed by atoms with Crippen LogP contribution < -0.4 is 9.46 Å². The zero-order valence-electron chi connectivity index (χ0n) is 14.1. The fraction of sp³-hybridized carbons (Fsp3) is 0.167. The normalized spacial score (nSPS) is 11.9. The lowest BCUT2D eigenvalue weighted by molar-refractivity contribution is -0.125. The van der Waals surface area contributed by atoms with Gasteiger partial charge in [0.1, 0.15) is 5.75 Å². The fourth-order valence-electron chi connectivity index (χ4n) is 2.04. The number of ether oxygens (including phenoxy) is 1. The van der Waals surface area contributed by atoms with Gasteiger partial charge in [0.05, 0.1) is 16.5 Å². The van der Waals surface area contributed by atoms with E-state index >= 15 is 0 Å². The van der Waals surface area contributed by atoms with Crippen LogP contribution in [0.25, 0.3) is 0 Å².